The van der Waals surface area contributed by atoms with E-state index in [0.29, 0.717) is 0 Å². The highest BCUT2D eigenvalue weighted by Crippen LogP contribution is 2.25. The van der Waals surface area contributed by atoms with Crippen molar-refractivity contribution in [2.75, 3.05) is 0 Å². The summed E-state index contributed by atoms with van der Waals surface area (Å²) in [5.41, 5.74) is 10.8. The Balaban J connectivity index is 2.04. The van der Waals surface area contributed by atoms with Crippen LogP contribution in [0.4, 0.5) is 0 Å². The minimum absolute atomic E-state index is 0.204. The lowest BCUT2D eigenvalue weighted by atomic mass is 9.98. The Bertz CT molecular complexity index is 834. The molecule has 0 saturated carbocycles. The van der Waals surface area contributed by atoms with Crippen LogP contribution in [0.2, 0.25) is 0 Å². The van der Waals surface area contributed by atoms with Gasteiger partial charge >= 0.3 is 5.69 Å². The molecule has 1 heterocycles. The molecule has 0 bridgehead atoms. The van der Waals surface area contributed by atoms with Crippen molar-refractivity contribution in [2.24, 2.45) is 5.73 Å². The van der Waals surface area contributed by atoms with Crippen molar-refractivity contribution in [3.05, 3.63) is 68.0 Å². The minimum atomic E-state index is -0.218. The maximum absolute atomic E-state index is 11.3. The Hall–Kier alpha value is -1.85. The molecule has 2 aromatic carbocycles. The number of H-pyrrole nitrogens is 2. The van der Waals surface area contributed by atoms with Crippen LogP contribution < -0.4 is 11.4 Å². The molecule has 0 amide bonds. The van der Waals surface area contributed by atoms with Gasteiger partial charge in [-0.25, -0.2) is 4.79 Å². The average Bonchev–Trinajstić information content (AvgIpc) is 2.80. The summed E-state index contributed by atoms with van der Waals surface area (Å²) in [6.07, 6.45) is 0. The van der Waals surface area contributed by atoms with Crippen molar-refractivity contribution in [1.29, 1.82) is 0 Å². The number of benzene rings is 2. The highest BCUT2D eigenvalue weighted by Gasteiger charge is 2.11. The van der Waals surface area contributed by atoms with Crippen molar-refractivity contribution >= 4 is 27.0 Å². The fraction of sp³-hybridized carbons (Fsp3) is 0.133. The number of nitrogens with one attached hydrogen (secondary N) is 2. The van der Waals surface area contributed by atoms with E-state index in [1.165, 1.54) is 0 Å². The van der Waals surface area contributed by atoms with Gasteiger partial charge in [0.25, 0.3) is 0 Å². The van der Waals surface area contributed by atoms with Gasteiger partial charge in [-0.05, 0) is 41.8 Å². The standard InChI is InChI=1S/C15H14BrN3O/c1-8-6-9(2-4-11(8)16)14(17)10-3-5-12-13(7-10)19-15(20)18-12/h2-7,14H,17H2,1H3,(H2,18,19,20). The predicted molar refractivity (Wildman–Crippen MR) is 83.8 cm³/mol. The molecule has 0 aliphatic heterocycles. The van der Waals surface area contributed by atoms with E-state index in [4.69, 9.17) is 5.73 Å². The second kappa shape index (κ2) is 4.92. The number of imidazole rings is 1. The molecule has 1 unspecified atom stereocenters. The molecular weight excluding hydrogens is 318 g/mol. The Labute approximate surface area is 124 Å². The van der Waals surface area contributed by atoms with E-state index in [1.54, 1.807) is 0 Å². The van der Waals surface area contributed by atoms with Gasteiger partial charge in [0.15, 0.2) is 0 Å². The first kappa shape index (κ1) is 13.1. The third kappa shape index (κ3) is 2.30. The largest absolute Gasteiger partial charge is 0.323 e. The third-order valence-corrected chi connectivity index (χ3v) is 4.33. The van der Waals surface area contributed by atoms with Gasteiger partial charge in [0.2, 0.25) is 0 Å². The Kier molecular flexibility index (Phi) is 3.23. The van der Waals surface area contributed by atoms with E-state index in [0.717, 1.165) is 32.2 Å². The van der Waals surface area contributed by atoms with Gasteiger partial charge in [0.05, 0.1) is 17.1 Å². The highest BCUT2D eigenvalue weighted by molar-refractivity contribution is 9.10. The normalized spacial score (nSPS) is 12.8. The van der Waals surface area contributed by atoms with Crippen molar-refractivity contribution in [3.63, 3.8) is 0 Å². The number of nitrogens with two attached hydrogens (primary N) is 1. The number of fused-ring (bicyclic) bond motifs is 1. The zero-order valence-electron chi connectivity index (χ0n) is 10.9. The van der Waals surface area contributed by atoms with Crippen molar-refractivity contribution in [3.8, 4) is 0 Å². The molecule has 0 aliphatic rings. The molecule has 3 aromatic rings. The first-order chi connectivity index (χ1) is 9.54. The van der Waals surface area contributed by atoms with Gasteiger partial charge in [0, 0.05) is 4.47 Å². The Morgan fingerprint density at radius 1 is 1.05 bits per heavy atom. The molecule has 0 fully saturated rings. The van der Waals surface area contributed by atoms with Crippen molar-refractivity contribution in [1.82, 2.24) is 9.97 Å². The van der Waals surface area contributed by atoms with E-state index in [-0.39, 0.29) is 11.7 Å². The van der Waals surface area contributed by atoms with E-state index in [9.17, 15) is 4.79 Å². The number of aryl methyl sites for hydroxylation is 1. The molecule has 5 heteroatoms. The van der Waals surface area contributed by atoms with Crippen LogP contribution in [0.1, 0.15) is 22.7 Å². The van der Waals surface area contributed by atoms with Gasteiger partial charge in [-0.3, -0.25) is 0 Å². The van der Waals surface area contributed by atoms with E-state index in [1.807, 2.05) is 37.3 Å². The van der Waals surface area contributed by atoms with Crippen LogP contribution in [-0.2, 0) is 0 Å². The molecule has 0 spiro atoms. The zero-order valence-corrected chi connectivity index (χ0v) is 12.5. The van der Waals surface area contributed by atoms with Gasteiger partial charge in [-0.15, -0.1) is 0 Å². The van der Waals surface area contributed by atoms with Crippen LogP contribution in [0, 0.1) is 6.92 Å². The topological polar surface area (TPSA) is 74.7 Å². The number of aromatic nitrogens is 2. The summed E-state index contributed by atoms with van der Waals surface area (Å²) in [7, 11) is 0. The highest BCUT2D eigenvalue weighted by atomic mass is 79.9. The zero-order chi connectivity index (χ0) is 14.3. The third-order valence-electron chi connectivity index (χ3n) is 3.44. The Morgan fingerprint density at radius 3 is 2.45 bits per heavy atom. The number of aromatic amines is 2. The first-order valence-corrected chi connectivity index (χ1v) is 7.07. The SMILES string of the molecule is Cc1cc(C(N)c2ccc3[nH]c(=O)[nH]c3c2)ccc1Br. The summed E-state index contributed by atoms with van der Waals surface area (Å²) in [5, 5.41) is 0. The molecule has 1 aromatic heterocycles. The maximum Gasteiger partial charge on any atom is 0.323 e. The second-order valence-electron chi connectivity index (χ2n) is 4.87. The van der Waals surface area contributed by atoms with Crippen LogP contribution in [0.3, 0.4) is 0 Å². The number of hydrogen-bond donors (Lipinski definition) is 3. The van der Waals surface area contributed by atoms with Gasteiger partial charge in [0.1, 0.15) is 0 Å². The van der Waals surface area contributed by atoms with Crippen LogP contribution in [0.15, 0.2) is 45.7 Å². The van der Waals surface area contributed by atoms with Gasteiger partial charge < -0.3 is 15.7 Å². The number of hydrogen-bond acceptors (Lipinski definition) is 2. The summed E-state index contributed by atoms with van der Waals surface area (Å²) < 4.78 is 1.07. The van der Waals surface area contributed by atoms with Crippen molar-refractivity contribution < 1.29 is 0 Å². The van der Waals surface area contributed by atoms with Crippen LogP contribution in [-0.4, -0.2) is 9.97 Å². The maximum atomic E-state index is 11.3. The summed E-state index contributed by atoms with van der Waals surface area (Å²) in [6.45, 7) is 2.03. The monoisotopic (exact) mass is 331 g/mol. The van der Waals surface area contributed by atoms with Crippen molar-refractivity contribution in [2.45, 2.75) is 13.0 Å². The summed E-state index contributed by atoms with van der Waals surface area (Å²) in [4.78, 5) is 16.7. The number of rotatable bonds is 2. The number of halogens is 1. The predicted octanol–water partition coefficient (Wildman–Crippen LogP) is 2.98. The Morgan fingerprint density at radius 2 is 1.70 bits per heavy atom. The molecule has 20 heavy (non-hydrogen) atoms. The lowest BCUT2D eigenvalue weighted by molar-refractivity contribution is 0.870. The summed E-state index contributed by atoms with van der Waals surface area (Å²) in [5.74, 6) is 0. The van der Waals surface area contributed by atoms with Crippen LogP contribution in [0.25, 0.3) is 11.0 Å². The second-order valence-corrected chi connectivity index (χ2v) is 5.72. The summed E-state index contributed by atoms with van der Waals surface area (Å²) in [6, 6.07) is 11.6. The van der Waals surface area contributed by atoms with Gasteiger partial charge in [-0.2, -0.15) is 0 Å². The van der Waals surface area contributed by atoms with Crippen LogP contribution >= 0.6 is 15.9 Å². The smallest absolute Gasteiger partial charge is 0.320 e. The van der Waals surface area contributed by atoms with Crippen LogP contribution in [0.5, 0.6) is 0 Å². The molecule has 3 rings (SSSR count). The molecule has 1 atom stereocenters. The molecular formula is C15H14BrN3O. The fourth-order valence-corrected chi connectivity index (χ4v) is 2.54. The molecule has 0 aliphatic carbocycles. The quantitative estimate of drug-likeness (QED) is 0.675. The van der Waals surface area contributed by atoms with Gasteiger partial charge in [-0.1, -0.05) is 34.1 Å². The summed E-state index contributed by atoms with van der Waals surface area (Å²) >= 11 is 3.49. The van der Waals surface area contributed by atoms with E-state index in [2.05, 4.69) is 32.0 Å². The molecule has 0 radical (unpaired) electrons. The average molecular weight is 332 g/mol. The molecule has 102 valence electrons. The fourth-order valence-electron chi connectivity index (χ4n) is 2.30. The first-order valence-electron chi connectivity index (χ1n) is 6.28. The molecule has 4 N–H and O–H groups in total. The lowest BCUT2D eigenvalue weighted by Crippen LogP contribution is -2.12. The minimum Gasteiger partial charge on any atom is -0.320 e. The molecule has 0 saturated heterocycles. The van der Waals surface area contributed by atoms with E-state index < -0.39 is 0 Å². The van der Waals surface area contributed by atoms with E-state index >= 15 is 0 Å². The lowest BCUT2D eigenvalue weighted by Gasteiger charge is -2.14. The molecule has 4 nitrogen and oxygen atoms in total.